The number of nitrogens with zero attached hydrogens (tertiary/aromatic N) is 3. The lowest BCUT2D eigenvalue weighted by Gasteiger charge is -2.13. The van der Waals surface area contributed by atoms with Gasteiger partial charge in [0.15, 0.2) is 11.5 Å². The Morgan fingerprint density at radius 2 is 1.85 bits per heavy atom. The first-order chi connectivity index (χ1) is 18.8. The molecular formula is C26H22ClFN4O6S. The molecule has 1 aliphatic rings. The van der Waals surface area contributed by atoms with Crippen molar-refractivity contribution in [1.82, 2.24) is 14.9 Å². The number of benzene rings is 2. The minimum absolute atomic E-state index is 0.124. The summed E-state index contributed by atoms with van der Waals surface area (Å²) < 4.78 is 30.5. The van der Waals surface area contributed by atoms with Crippen LogP contribution in [0, 0.1) is 5.82 Å². The smallest absolute Gasteiger partial charge is 0.294 e. The van der Waals surface area contributed by atoms with E-state index in [4.69, 9.17) is 25.8 Å². The highest BCUT2D eigenvalue weighted by Gasteiger charge is 2.36. The average Bonchev–Trinajstić information content (AvgIpc) is 3.16. The number of nitrogens with one attached hydrogen (secondary N) is 1. The lowest BCUT2D eigenvalue weighted by molar-refractivity contribution is -0.127. The van der Waals surface area contributed by atoms with Gasteiger partial charge < -0.3 is 19.5 Å². The number of ether oxygens (including phenoxy) is 3. The van der Waals surface area contributed by atoms with E-state index in [1.165, 1.54) is 12.1 Å². The molecule has 39 heavy (non-hydrogen) atoms. The van der Waals surface area contributed by atoms with Crippen LogP contribution < -0.4 is 19.5 Å². The second-order valence-corrected chi connectivity index (χ2v) is 9.14. The maximum absolute atomic E-state index is 14.0. The number of carbonyl (C=O) groups excluding carboxylic acids is 3. The number of carbonyl (C=O) groups is 3. The molecule has 1 aliphatic heterocycles. The molecule has 3 amide bonds. The van der Waals surface area contributed by atoms with E-state index in [9.17, 15) is 18.8 Å². The first-order valence-corrected chi connectivity index (χ1v) is 12.9. The fourth-order valence-electron chi connectivity index (χ4n) is 3.41. The highest BCUT2D eigenvalue weighted by Crippen LogP contribution is 2.36. The van der Waals surface area contributed by atoms with E-state index < -0.39 is 29.4 Å². The molecule has 202 valence electrons. The number of amides is 3. The lowest BCUT2D eigenvalue weighted by Crippen LogP contribution is -2.36. The van der Waals surface area contributed by atoms with Gasteiger partial charge in [-0.05, 0) is 85.2 Å². The van der Waals surface area contributed by atoms with Crippen LogP contribution in [0.5, 0.6) is 23.1 Å². The number of hydrogen-bond acceptors (Lipinski definition) is 9. The van der Waals surface area contributed by atoms with Gasteiger partial charge >= 0.3 is 0 Å². The molecule has 0 radical (unpaired) electrons. The van der Waals surface area contributed by atoms with E-state index in [1.807, 2.05) is 6.92 Å². The van der Waals surface area contributed by atoms with Crippen LogP contribution >= 0.6 is 23.4 Å². The molecule has 10 nitrogen and oxygen atoms in total. The maximum atomic E-state index is 14.0. The molecule has 3 aromatic rings. The zero-order valence-electron chi connectivity index (χ0n) is 20.8. The predicted molar refractivity (Wildman–Crippen MR) is 144 cm³/mol. The van der Waals surface area contributed by atoms with Crippen molar-refractivity contribution in [1.29, 1.82) is 0 Å². The van der Waals surface area contributed by atoms with Crippen LogP contribution in [0.4, 0.5) is 14.9 Å². The molecule has 2 aromatic carbocycles. The Morgan fingerprint density at radius 1 is 1.10 bits per heavy atom. The highest BCUT2D eigenvalue weighted by molar-refractivity contribution is 8.18. The van der Waals surface area contributed by atoms with Gasteiger partial charge in [0.05, 0.1) is 24.3 Å². The van der Waals surface area contributed by atoms with E-state index in [0.717, 1.165) is 11.1 Å². The standard InChI is InChI=1S/C26H22ClFN4O6S/c1-3-36-17-8-6-16(7-9-17)30-22(33)14-32-24(34)21(39-26(32)35)12-15-5-10-19(20(11-15)37-4-2)38-23-18(28)13-29-25(27)31-23/h5-13H,3-4,14H2,1-2H3,(H,30,33)/b21-12+. The Bertz CT molecular complexity index is 1440. The van der Waals surface area contributed by atoms with Gasteiger partial charge in [-0.15, -0.1) is 0 Å². The molecule has 2 heterocycles. The first kappa shape index (κ1) is 27.9. The second kappa shape index (κ2) is 12.6. The Hall–Kier alpha value is -4.16. The molecule has 1 saturated heterocycles. The molecule has 1 N–H and O–H groups in total. The predicted octanol–water partition coefficient (Wildman–Crippen LogP) is 5.53. The molecule has 0 saturated carbocycles. The van der Waals surface area contributed by atoms with Crippen LogP contribution in [0.3, 0.4) is 0 Å². The quantitative estimate of drug-likeness (QED) is 0.247. The van der Waals surface area contributed by atoms with Crippen LogP contribution in [-0.4, -0.2) is 51.7 Å². The van der Waals surface area contributed by atoms with Crippen molar-refractivity contribution >= 4 is 52.2 Å². The zero-order chi connectivity index (χ0) is 27.9. The molecule has 1 aromatic heterocycles. The van der Waals surface area contributed by atoms with Crippen molar-refractivity contribution in [3.63, 3.8) is 0 Å². The summed E-state index contributed by atoms with van der Waals surface area (Å²) in [4.78, 5) is 46.2. The monoisotopic (exact) mass is 572 g/mol. The van der Waals surface area contributed by atoms with E-state index in [0.29, 0.717) is 35.4 Å². The van der Waals surface area contributed by atoms with E-state index in [1.54, 1.807) is 43.3 Å². The molecule has 0 atom stereocenters. The number of aromatic nitrogens is 2. The number of hydrogen-bond donors (Lipinski definition) is 1. The molecule has 13 heteroatoms. The Morgan fingerprint density at radius 3 is 2.56 bits per heavy atom. The van der Waals surface area contributed by atoms with Crippen molar-refractivity contribution < 1.29 is 33.0 Å². The molecule has 0 unspecified atom stereocenters. The summed E-state index contributed by atoms with van der Waals surface area (Å²) in [5.41, 5.74) is 1.01. The van der Waals surface area contributed by atoms with E-state index in [2.05, 4.69) is 15.3 Å². The number of anilines is 1. The van der Waals surface area contributed by atoms with E-state index in [-0.39, 0.29) is 34.2 Å². The van der Waals surface area contributed by atoms with Crippen molar-refractivity contribution in [2.24, 2.45) is 0 Å². The van der Waals surface area contributed by atoms with Gasteiger partial charge in [0.25, 0.3) is 17.0 Å². The van der Waals surface area contributed by atoms with Crippen LogP contribution in [0.25, 0.3) is 6.08 Å². The fraction of sp³-hybridized carbons (Fsp3) is 0.192. The third kappa shape index (κ3) is 7.03. The zero-order valence-corrected chi connectivity index (χ0v) is 22.3. The molecule has 0 bridgehead atoms. The molecule has 4 rings (SSSR count). The minimum Gasteiger partial charge on any atom is -0.494 e. The first-order valence-electron chi connectivity index (χ1n) is 11.7. The van der Waals surface area contributed by atoms with Crippen molar-refractivity contribution in [3.05, 3.63) is 70.2 Å². The average molecular weight is 573 g/mol. The molecule has 0 spiro atoms. The number of thioether (sulfide) groups is 1. The van der Waals surface area contributed by atoms with Gasteiger partial charge in [-0.3, -0.25) is 19.3 Å². The molecule has 0 aliphatic carbocycles. The molecular weight excluding hydrogens is 551 g/mol. The van der Waals surface area contributed by atoms with Gasteiger partial charge in [-0.2, -0.15) is 9.37 Å². The summed E-state index contributed by atoms with van der Waals surface area (Å²) in [7, 11) is 0. The minimum atomic E-state index is -0.814. The van der Waals surface area contributed by atoms with Gasteiger partial charge in [0, 0.05) is 5.69 Å². The van der Waals surface area contributed by atoms with Crippen molar-refractivity contribution in [3.8, 4) is 23.1 Å². The largest absolute Gasteiger partial charge is 0.494 e. The van der Waals surface area contributed by atoms with Crippen molar-refractivity contribution in [2.75, 3.05) is 25.1 Å². The summed E-state index contributed by atoms with van der Waals surface area (Å²) in [6.07, 6.45) is 2.37. The van der Waals surface area contributed by atoms with Crippen LogP contribution in [0.15, 0.2) is 53.6 Å². The highest BCUT2D eigenvalue weighted by atomic mass is 35.5. The van der Waals surface area contributed by atoms with Crippen LogP contribution in [-0.2, 0) is 9.59 Å². The SMILES string of the molecule is CCOc1ccc(NC(=O)CN2C(=O)S/C(=C/c3ccc(Oc4nc(Cl)ncc4F)c(OCC)c3)C2=O)cc1. The Kier molecular flexibility index (Phi) is 8.99. The Labute approximate surface area is 232 Å². The second-order valence-electron chi connectivity index (χ2n) is 7.81. The fourth-order valence-corrected chi connectivity index (χ4v) is 4.37. The third-order valence-corrected chi connectivity index (χ3v) is 6.17. The van der Waals surface area contributed by atoms with Crippen LogP contribution in [0.1, 0.15) is 19.4 Å². The van der Waals surface area contributed by atoms with Crippen molar-refractivity contribution in [2.45, 2.75) is 13.8 Å². The maximum Gasteiger partial charge on any atom is 0.294 e. The Balaban J connectivity index is 1.46. The lowest BCUT2D eigenvalue weighted by atomic mass is 10.2. The third-order valence-electron chi connectivity index (χ3n) is 5.08. The number of imide groups is 1. The van der Waals surface area contributed by atoms with Gasteiger partial charge in [-0.1, -0.05) is 6.07 Å². The van der Waals surface area contributed by atoms with Gasteiger partial charge in [-0.25, -0.2) is 4.98 Å². The summed E-state index contributed by atoms with van der Waals surface area (Å²) in [5.74, 6) is -1.28. The van der Waals surface area contributed by atoms with Gasteiger partial charge in [0.2, 0.25) is 17.0 Å². The summed E-state index contributed by atoms with van der Waals surface area (Å²) in [6, 6.07) is 11.4. The summed E-state index contributed by atoms with van der Waals surface area (Å²) in [5, 5.41) is 1.89. The number of halogens is 2. The number of rotatable bonds is 10. The van der Waals surface area contributed by atoms with Gasteiger partial charge in [0.1, 0.15) is 12.3 Å². The van der Waals surface area contributed by atoms with Crippen LogP contribution in [0.2, 0.25) is 5.28 Å². The topological polar surface area (TPSA) is 120 Å². The summed E-state index contributed by atoms with van der Waals surface area (Å²) >= 11 is 6.44. The van der Waals surface area contributed by atoms with E-state index >= 15 is 0 Å². The normalized spacial score (nSPS) is 14.1. The molecule has 1 fully saturated rings. The summed E-state index contributed by atoms with van der Waals surface area (Å²) in [6.45, 7) is 3.96.